The molecule has 0 fully saturated rings. The Morgan fingerprint density at radius 1 is 0.476 bits per heavy atom. The van der Waals surface area contributed by atoms with Crippen molar-refractivity contribution >= 4 is 0 Å². The van der Waals surface area contributed by atoms with E-state index in [1.54, 1.807) is 0 Å². The molecule has 0 N–H and O–H groups in total. The molecule has 0 rings (SSSR count). The van der Waals surface area contributed by atoms with Gasteiger partial charge in [-0.2, -0.15) is 25.7 Å². The largest absolute Gasteiger partial charge is 2.00 e. The van der Waals surface area contributed by atoms with Gasteiger partial charge in [-0.05, 0) is 0 Å². The van der Waals surface area contributed by atoms with Gasteiger partial charge in [0.15, 0.2) is 0 Å². The van der Waals surface area contributed by atoms with Crippen molar-refractivity contribution in [3.63, 3.8) is 0 Å². The smallest absolute Gasteiger partial charge is 0.329 e. The van der Waals surface area contributed by atoms with Gasteiger partial charge in [0.1, 0.15) is 0 Å². The van der Waals surface area contributed by atoms with Crippen molar-refractivity contribution in [3.8, 4) is 0 Å². The van der Waals surface area contributed by atoms with E-state index in [0.717, 1.165) is 0 Å². The molecular formula is C20H42Zn. The van der Waals surface area contributed by atoms with Gasteiger partial charge in [-0.3, -0.25) is 0 Å². The molecule has 21 heavy (non-hydrogen) atoms. The monoisotopic (exact) mass is 346 g/mol. The molecule has 0 unspecified atom stereocenters. The Morgan fingerprint density at radius 2 is 0.810 bits per heavy atom. The molecule has 0 aromatic heterocycles. The van der Waals surface area contributed by atoms with Gasteiger partial charge in [0, 0.05) is 0 Å². The number of unbranched alkanes of at least 4 members (excludes halogenated alkanes) is 14. The Bertz CT molecular complexity index is 102. The quantitative estimate of drug-likeness (QED) is 0.170. The summed E-state index contributed by atoms with van der Waals surface area (Å²) in [5.74, 6) is 0. The summed E-state index contributed by atoms with van der Waals surface area (Å²) in [5.41, 5.74) is 0. The summed E-state index contributed by atoms with van der Waals surface area (Å²) < 4.78 is 0. The topological polar surface area (TPSA) is 0 Å². The fourth-order valence-electron chi connectivity index (χ4n) is 2.19. The minimum Gasteiger partial charge on any atom is -0.329 e. The van der Waals surface area contributed by atoms with Gasteiger partial charge in [-0.15, -0.1) is 0 Å². The zero-order chi connectivity index (χ0) is 15.3. The first-order chi connectivity index (χ1) is 9.83. The molecule has 0 aliphatic rings. The molecule has 0 aliphatic heterocycles. The van der Waals surface area contributed by atoms with Gasteiger partial charge in [0.25, 0.3) is 0 Å². The van der Waals surface area contributed by atoms with E-state index < -0.39 is 0 Å². The van der Waals surface area contributed by atoms with Gasteiger partial charge < -0.3 is 12.8 Å². The minimum atomic E-state index is 0. The Balaban J connectivity index is -0.000000295. The fourth-order valence-corrected chi connectivity index (χ4v) is 2.19. The fraction of sp³-hybridized carbons (Fsp3) is 0.900. The maximum atomic E-state index is 2.38. The van der Waals surface area contributed by atoms with E-state index in [-0.39, 0.29) is 19.5 Å². The third kappa shape index (κ3) is 33.4. The average Bonchev–Trinajstić information content (AvgIpc) is 2.47. The summed E-state index contributed by atoms with van der Waals surface area (Å²) >= 11 is 0. The van der Waals surface area contributed by atoms with Crippen LogP contribution in [0.3, 0.4) is 0 Å². The van der Waals surface area contributed by atoms with Crippen LogP contribution in [-0.4, -0.2) is 0 Å². The molecule has 0 aromatic rings. The van der Waals surface area contributed by atoms with Crippen LogP contribution in [0.2, 0.25) is 0 Å². The normalized spacial score (nSPS) is 9.71. The van der Waals surface area contributed by atoms with Crippen molar-refractivity contribution < 1.29 is 19.5 Å². The number of rotatable bonds is 14. The first-order valence-electron chi connectivity index (χ1n) is 9.46. The molecule has 0 saturated heterocycles. The van der Waals surface area contributed by atoms with Gasteiger partial charge in [-0.1, -0.05) is 91.9 Å². The van der Waals surface area contributed by atoms with Crippen LogP contribution < -0.4 is 0 Å². The van der Waals surface area contributed by atoms with Crippen molar-refractivity contribution in [2.24, 2.45) is 0 Å². The number of hydrogen-bond acceptors (Lipinski definition) is 0. The van der Waals surface area contributed by atoms with E-state index in [2.05, 4.69) is 40.5 Å². The first-order valence-corrected chi connectivity index (χ1v) is 9.46. The summed E-state index contributed by atoms with van der Waals surface area (Å²) in [4.78, 5) is 0. The molecule has 0 radical (unpaired) electrons. The summed E-state index contributed by atoms with van der Waals surface area (Å²) in [5, 5.41) is 0. The van der Waals surface area contributed by atoms with Gasteiger partial charge in [0.2, 0.25) is 0 Å². The van der Waals surface area contributed by atoms with Crippen molar-refractivity contribution in [1.82, 2.24) is 0 Å². The Kier molecular flexibility index (Phi) is 36.3. The first kappa shape index (κ1) is 26.5. The maximum absolute atomic E-state index is 2.38. The average molecular weight is 348 g/mol. The third-order valence-electron chi connectivity index (χ3n) is 3.60. The van der Waals surface area contributed by atoms with Crippen LogP contribution in [0.25, 0.3) is 0 Å². The molecular weight excluding hydrogens is 306 g/mol. The van der Waals surface area contributed by atoms with Crippen LogP contribution in [0, 0.1) is 12.8 Å². The SMILES string of the molecule is CC[CH-]CCCCCCC.CC[CH-]CCCCCCC.[Zn+2]. The van der Waals surface area contributed by atoms with E-state index in [9.17, 15) is 0 Å². The molecule has 0 bridgehead atoms. The zero-order valence-corrected chi connectivity index (χ0v) is 18.7. The molecule has 0 aromatic carbocycles. The molecule has 0 aliphatic carbocycles. The predicted molar refractivity (Wildman–Crippen MR) is 95.9 cm³/mol. The Morgan fingerprint density at radius 3 is 1.10 bits per heavy atom. The van der Waals surface area contributed by atoms with Crippen molar-refractivity contribution in [1.29, 1.82) is 0 Å². The van der Waals surface area contributed by atoms with Crippen LogP contribution in [-0.2, 0) is 19.5 Å². The second kappa shape index (κ2) is 28.7. The van der Waals surface area contributed by atoms with Crippen molar-refractivity contribution in [2.45, 2.75) is 118 Å². The van der Waals surface area contributed by atoms with Crippen LogP contribution in [0.4, 0.5) is 0 Å². The van der Waals surface area contributed by atoms with Crippen LogP contribution >= 0.6 is 0 Å². The molecule has 0 atom stereocenters. The Labute approximate surface area is 150 Å². The van der Waals surface area contributed by atoms with E-state index in [0.29, 0.717) is 0 Å². The zero-order valence-electron chi connectivity index (χ0n) is 15.8. The summed E-state index contributed by atoms with van der Waals surface area (Å²) in [6.45, 7) is 8.95. The molecule has 0 spiro atoms. The van der Waals surface area contributed by atoms with E-state index in [1.807, 2.05) is 0 Å². The second-order valence-corrected chi connectivity index (χ2v) is 5.80. The standard InChI is InChI=1S/2C10H21.Zn/c2*1-3-5-7-9-10-8-6-4-2;/h2*5H,3-4,6-10H2,1-2H3;/q2*-1;+2. The van der Waals surface area contributed by atoms with Crippen molar-refractivity contribution in [3.05, 3.63) is 12.8 Å². The maximum Gasteiger partial charge on any atom is 2.00 e. The van der Waals surface area contributed by atoms with Gasteiger partial charge in [0.05, 0.1) is 0 Å². The number of hydrogen-bond donors (Lipinski definition) is 0. The summed E-state index contributed by atoms with van der Waals surface area (Å²) in [7, 11) is 0. The van der Waals surface area contributed by atoms with Crippen LogP contribution in [0.5, 0.6) is 0 Å². The summed E-state index contributed by atoms with van der Waals surface area (Å²) in [6, 6.07) is 0. The van der Waals surface area contributed by atoms with E-state index in [4.69, 9.17) is 0 Å². The van der Waals surface area contributed by atoms with E-state index in [1.165, 1.54) is 89.9 Å². The molecule has 0 heterocycles. The van der Waals surface area contributed by atoms with Gasteiger partial charge >= 0.3 is 19.5 Å². The molecule has 0 nitrogen and oxygen atoms in total. The van der Waals surface area contributed by atoms with Gasteiger partial charge in [-0.25, -0.2) is 0 Å². The summed E-state index contributed by atoms with van der Waals surface area (Å²) in [6.07, 6.45) is 24.0. The molecule has 124 valence electrons. The van der Waals surface area contributed by atoms with E-state index >= 15 is 0 Å². The molecule has 0 saturated carbocycles. The second-order valence-electron chi connectivity index (χ2n) is 5.80. The third-order valence-corrected chi connectivity index (χ3v) is 3.60. The van der Waals surface area contributed by atoms with Crippen LogP contribution in [0.1, 0.15) is 118 Å². The molecule has 1 heteroatoms. The van der Waals surface area contributed by atoms with Crippen molar-refractivity contribution in [2.75, 3.05) is 0 Å². The predicted octanol–water partition coefficient (Wildman–Crippen LogP) is 7.92. The Hall–Kier alpha value is 0.623. The van der Waals surface area contributed by atoms with Crippen LogP contribution in [0.15, 0.2) is 0 Å². The minimum absolute atomic E-state index is 0. The molecule has 0 amide bonds.